The van der Waals surface area contributed by atoms with Gasteiger partial charge in [-0.25, -0.2) is 4.98 Å². The zero-order valence-corrected chi connectivity index (χ0v) is 10.3. The summed E-state index contributed by atoms with van der Waals surface area (Å²) in [5.74, 6) is -1.03. The summed E-state index contributed by atoms with van der Waals surface area (Å²) in [6, 6.07) is 0. The second-order valence-electron chi connectivity index (χ2n) is 4.28. The number of imide groups is 1. The van der Waals surface area contributed by atoms with Crippen molar-refractivity contribution in [2.75, 3.05) is 6.54 Å². The maximum Gasteiger partial charge on any atom is 0.271 e. The first-order chi connectivity index (χ1) is 9.16. The van der Waals surface area contributed by atoms with E-state index in [1.807, 2.05) is 0 Å². The van der Waals surface area contributed by atoms with Gasteiger partial charge in [-0.1, -0.05) is 0 Å². The Labute approximate surface area is 109 Å². The number of aromatic nitrogens is 2. The minimum atomic E-state index is -0.319. The lowest BCUT2D eigenvalue weighted by Gasteiger charge is -2.20. The van der Waals surface area contributed by atoms with Gasteiger partial charge in [-0.3, -0.25) is 24.7 Å². The second-order valence-corrected chi connectivity index (χ2v) is 4.28. The first-order valence-corrected chi connectivity index (χ1v) is 6.04. The van der Waals surface area contributed by atoms with E-state index in [-0.39, 0.29) is 29.3 Å². The minimum Gasteiger partial charge on any atom is -0.351 e. The molecule has 0 spiro atoms. The Balaban J connectivity index is 1.76. The van der Waals surface area contributed by atoms with Gasteiger partial charge < -0.3 is 5.32 Å². The standard InChI is InChI=1S/C12H14N4O3/c17-10-2-1-8(11(18)16-10)3-4-15-12(19)9-7-13-5-6-14-9/h5-8H,1-4H2,(H,15,19)(H,16,17,18). The number of carbonyl (C=O) groups excluding carboxylic acids is 3. The molecule has 1 fully saturated rings. The molecule has 2 N–H and O–H groups in total. The van der Waals surface area contributed by atoms with Crippen LogP contribution in [0.3, 0.4) is 0 Å². The Bertz CT molecular complexity index is 489. The predicted molar refractivity (Wildman–Crippen MR) is 64.9 cm³/mol. The molecule has 100 valence electrons. The maximum absolute atomic E-state index is 11.7. The number of rotatable bonds is 4. The van der Waals surface area contributed by atoms with Crippen molar-refractivity contribution >= 4 is 17.7 Å². The van der Waals surface area contributed by atoms with Gasteiger partial charge in [0.2, 0.25) is 11.8 Å². The second kappa shape index (κ2) is 6.03. The third-order valence-electron chi connectivity index (χ3n) is 2.93. The smallest absolute Gasteiger partial charge is 0.271 e. The molecule has 2 rings (SSSR count). The molecular weight excluding hydrogens is 248 g/mol. The van der Waals surface area contributed by atoms with Gasteiger partial charge in [-0.05, 0) is 12.8 Å². The summed E-state index contributed by atoms with van der Waals surface area (Å²) >= 11 is 0. The highest BCUT2D eigenvalue weighted by atomic mass is 16.2. The number of carbonyl (C=O) groups is 3. The van der Waals surface area contributed by atoms with Gasteiger partial charge in [0.05, 0.1) is 6.20 Å². The molecule has 0 saturated carbocycles. The van der Waals surface area contributed by atoms with Gasteiger partial charge in [-0.2, -0.15) is 0 Å². The highest BCUT2D eigenvalue weighted by Gasteiger charge is 2.26. The first-order valence-electron chi connectivity index (χ1n) is 6.04. The molecule has 1 aliphatic heterocycles. The number of nitrogens with one attached hydrogen (secondary N) is 2. The zero-order valence-electron chi connectivity index (χ0n) is 10.3. The lowest BCUT2D eigenvalue weighted by atomic mass is 9.95. The molecule has 7 heteroatoms. The summed E-state index contributed by atoms with van der Waals surface area (Å²) in [5.41, 5.74) is 0.241. The average molecular weight is 262 g/mol. The summed E-state index contributed by atoms with van der Waals surface area (Å²) in [4.78, 5) is 41.8. The van der Waals surface area contributed by atoms with Gasteiger partial charge in [0.25, 0.3) is 5.91 Å². The Morgan fingerprint density at radius 2 is 2.26 bits per heavy atom. The highest BCUT2D eigenvalue weighted by Crippen LogP contribution is 2.15. The molecule has 1 unspecified atom stereocenters. The van der Waals surface area contributed by atoms with Gasteiger partial charge >= 0.3 is 0 Å². The van der Waals surface area contributed by atoms with Crippen molar-refractivity contribution in [3.8, 4) is 0 Å². The summed E-state index contributed by atoms with van der Waals surface area (Å²) in [6.45, 7) is 0.363. The largest absolute Gasteiger partial charge is 0.351 e. The molecule has 3 amide bonds. The normalized spacial score (nSPS) is 18.8. The Morgan fingerprint density at radius 1 is 1.42 bits per heavy atom. The number of hydrogen-bond acceptors (Lipinski definition) is 5. The van der Waals surface area contributed by atoms with Gasteiger partial charge in [0.1, 0.15) is 5.69 Å². The fraction of sp³-hybridized carbons (Fsp3) is 0.417. The molecule has 19 heavy (non-hydrogen) atoms. The molecule has 2 heterocycles. The summed E-state index contributed by atoms with van der Waals surface area (Å²) < 4.78 is 0. The van der Waals surface area contributed by atoms with Gasteiger partial charge in [-0.15, -0.1) is 0 Å². The van der Waals surface area contributed by atoms with Crippen LogP contribution in [0, 0.1) is 5.92 Å². The van der Waals surface area contributed by atoms with Crippen molar-refractivity contribution in [2.24, 2.45) is 5.92 Å². The number of nitrogens with zero attached hydrogens (tertiary/aromatic N) is 2. The van der Waals surface area contributed by atoms with E-state index in [4.69, 9.17) is 0 Å². The molecule has 1 atom stereocenters. The molecule has 1 aromatic heterocycles. The topological polar surface area (TPSA) is 101 Å². The van der Waals surface area contributed by atoms with Crippen molar-refractivity contribution in [1.82, 2.24) is 20.6 Å². The molecule has 0 aliphatic carbocycles. The SMILES string of the molecule is O=C1CCC(CCNC(=O)c2cnccn2)C(=O)N1. The molecule has 0 radical (unpaired) electrons. The zero-order chi connectivity index (χ0) is 13.7. The maximum atomic E-state index is 11.7. The van der Waals surface area contributed by atoms with Crippen LogP contribution in [-0.4, -0.2) is 34.2 Å². The summed E-state index contributed by atoms with van der Waals surface area (Å²) in [5, 5.41) is 4.96. The van der Waals surface area contributed by atoms with E-state index in [0.29, 0.717) is 25.8 Å². The summed E-state index contributed by atoms with van der Waals surface area (Å²) in [7, 11) is 0. The van der Waals surface area contributed by atoms with Crippen LogP contribution in [0.5, 0.6) is 0 Å². The van der Waals surface area contributed by atoms with E-state index in [1.54, 1.807) is 0 Å². The van der Waals surface area contributed by atoms with Crippen LogP contribution in [-0.2, 0) is 9.59 Å². The van der Waals surface area contributed by atoms with Crippen molar-refractivity contribution in [2.45, 2.75) is 19.3 Å². The molecule has 7 nitrogen and oxygen atoms in total. The molecule has 1 aliphatic rings. The number of piperidine rings is 1. The van der Waals surface area contributed by atoms with Crippen LogP contribution in [0.2, 0.25) is 0 Å². The van der Waals surface area contributed by atoms with Crippen LogP contribution in [0.15, 0.2) is 18.6 Å². The van der Waals surface area contributed by atoms with Crippen LogP contribution < -0.4 is 10.6 Å². The van der Waals surface area contributed by atoms with Gasteiger partial charge in [0, 0.05) is 31.3 Å². The van der Waals surface area contributed by atoms with E-state index in [0.717, 1.165) is 0 Å². The Morgan fingerprint density at radius 3 is 2.95 bits per heavy atom. The fourth-order valence-corrected chi connectivity index (χ4v) is 1.88. The Kier molecular flexibility index (Phi) is 4.17. The fourth-order valence-electron chi connectivity index (χ4n) is 1.88. The van der Waals surface area contributed by atoms with E-state index in [2.05, 4.69) is 20.6 Å². The van der Waals surface area contributed by atoms with E-state index < -0.39 is 0 Å². The van der Waals surface area contributed by atoms with Crippen LogP contribution in [0.25, 0.3) is 0 Å². The van der Waals surface area contributed by atoms with Crippen molar-refractivity contribution in [3.63, 3.8) is 0 Å². The van der Waals surface area contributed by atoms with Crippen molar-refractivity contribution in [1.29, 1.82) is 0 Å². The van der Waals surface area contributed by atoms with E-state index >= 15 is 0 Å². The van der Waals surface area contributed by atoms with E-state index in [9.17, 15) is 14.4 Å². The molecule has 0 bridgehead atoms. The number of amides is 3. The van der Waals surface area contributed by atoms with E-state index in [1.165, 1.54) is 18.6 Å². The predicted octanol–water partition coefficient (Wildman–Crippen LogP) is -0.351. The average Bonchev–Trinajstić information content (AvgIpc) is 2.42. The van der Waals surface area contributed by atoms with Crippen molar-refractivity contribution in [3.05, 3.63) is 24.3 Å². The molecule has 1 aromatic rings. The minimum absolute atomic E-state index is 0.222. The molecule has 0 aromatic carbocycles. The molecule has 1 saturated heterocycles. The van der Waals surface area contributed by atoms with Gasteiger partial charge in [0.15, 0.2) is 0 Å². The quantitative estimate of drug-likeness (QED) is 0.722. The van der Waals surface area contributed by atoms with Crippen molar-refractivity contribution < 1.29 is 14.4 Å². The third-order valence-corrected chi connectivity index (χ3v) is 2.93. The van der Waals surface area contributed by atoms with Crippen LogP contribution in [0.4, 0.5) is 0 Å². The number of hydrogen-bond donors (Lipinski definition) is 2. The Hall–Kier alpha value is -2.31. The monoisotopic (exact) mass is 262 g/mol. The van der Waals surface area contributed by atoms with Crippen LogP contribution >= 0.6 is 0 Å². The third kappa shape index (κ3) is 3.57. The highest BCUT2D eigenvalue weighted by molar-refractivity contribution is 5.98. The lowest BCUT2D eigenvalue weighted by Crippen LogP contribution is -2.42. The lowest BCUT2D eigenvalue weighted by molar-refractivity contribution is -0.136. The first kappa shape index (κ1) is 13.1. The molecular formula is C12H14N4O3. The van der Waals surface area contributed by atoms with Crippen LogP contribution in [0.1, 0.15) is 29.8 Å². The summed E-state index contributed by atoms with van der Waals surface area (Å²) in [6.07, 6.45) is 5.70.